The number of halogens is 1. The van der Waals surface area contributed by atoms with E-state index < -0.39 is 17.8 Å². The highest BCUT2D eigenvalue weighted by Gasteiger charge is 2.35. The maximum absolute atomic E-state index is 13.9. The first kappa shape index (κ1) is 14.0. The van der Waals surface area contributed by atoms with Gasteiger partial charge in [0.15, 0.2) is 0 Å². The highest BCUT2D eigenvalue weighted by Crippen LogP contribution is 2.30. The van der Waals surface area contributed by atoms with E-state index in [4.69, 9.17) is 9.84 Å². The van der Waals surface area contributed by atoms with Crippen molar-refractivity contribution in [3.63, 3.8) is 0 Å². The molecule has 1 aromatic rings. The molecule has 4 nitrogen and oxygen atoms in total. The second-order valence-corrected chi connectivity index (χ2v) is 4.78. The number of aliphatic hydroxyl groups is 1. The average Bonchev–Trinajstić information content (AvgIpc) is 2.89. The van der Waals surface area contributed by atoms with Crippen molar-refractivity contribution in [2.45, 2.75) is 12.5 Å². The SMILES string of the molecule is COC(=O)C(c1ccccc1F)N1CCC(CO)C1. The van der Waals surface area contributed by atoms with Crippen LogP contribution in [0.25, 0.3) is 0 Å². The van der Waals surface area contributed by atoms with Crippen molar-refractivity contribution in [2.75, 3.05) is 26.8 Å². The largest absolute Gasteiger partial charge is 0.468 e. The van der Waals surface area contributed by atoms with Crippen molar-refractivity contribution >= 4 is 5.97 Å². The van der Waals surface area contributed by atoms with E-state index in [9.17, 15) is 9.18 Å². The minimum absolute atomic E-state index is 0.0850. The molecule has 2 rings (SSSR count). The summed E-state index contributed by atoms with van der Waals surface area (Å²) < 4.78 is 18.7. The normalized spacial score (nSPS) is 21.3. The Labute approximate surface area is 111 Å². The smallest absolute Gasteiger partial charge is 0.327 e. The lowest BCUT2D eigenvalue weighted by Crippen LogP contribution is -2.34. The Morgan fingerprint density at radius 3 is 2.89 bits per heavy atom. The minimum Gasteiger partial charge on any atom is -0.468 e. The predicted molar refractivity (Wildman–Crippen MR) is 67.9 cm³/mol. The standard InChI is InChI=1S/C14H18FNO3/c1-19-14(18)13(11-4-2-3-5-12(11)15)16-7-6-10(8-16)9-17/h2-5,10,13,17H,6-9H2,1H3. The van der Waals surface area contributed by atoms with Gasteiger partial charge in [-0.2, -0.15) is 0 Å². The van der Waals surface area contributed by atoms with Crippen LogP contribution in [0.3, 0.4) is 0 Å². The van der Waals surface area contributed by atoms with Crippen molar-refractivity contribution in [1.29, 1.82) is 0 Å². The summed E-state index contributed by atoms with van der Waals surface area (Å²) in [7, 11) is 1.30. The molecule has 0 bridgehead atoms. The number of nitrogens with zero attached hydrogens (tertiary/aromatic N) is 1. The molecule has 1 aliphatic heterocycles. The lowest BCUT2D eigenvalue weighted by molar-refractivity contribution is -0.147. The number of esters is 1. The van der Waals surface area contributed by atoms with Crippen LogP contribution in [0.4, 0.5) is 4.39 Å². The molecular weight excluding hydrogens is 249 g/mol. The van der Waals surface area contributed by atoms with Crippen LogP contribution in [-0.4, -0.2) is 42.8 Å². The van der Waals surface area contributed by atoms with Crippen LogP contribution < -0.4 is 0 Å². The van der Waals surface area contributed by atoms with Gasteiger partial charge in [-0.1, -0.05) is 18.2 Å². The Morgan fingerprint density at radius 1 is 1.58 bits per heavy atom. The van der Waals surface area contributed by atoms with Crippen molar-refractivity contribution < 1.29 is 19.0 Å². The lowest BCUT2D eigenvalue weighted by Gasteiger charge is -2.26. The monoisotopic (exact) mass is 267 g/mol. The van der Waals surface area contributed by atoms with Crippen molar-refractivity contribution in [3.05, 3.63) is 35.6 Å². The van der Waals surface area contributed by atoms with E-state index in [1.807, 2.05) is 4.90 Å². The van der Waals surface area contributed by atoms with Crippen LogP contribution in [0, 0.1) is 11.7 Å². The van der Waals surface area contributed by atoms with Gasteiger partial charge in [0.25, 0.3) is 0 Å². The number of methoxy groups -OCH3 is 1. The van der Waals surface area contributed by atoms with E-state index in [1.165, 1.54) is 13.2 Å². The minimum atomic E-state index is -0.734. The van der Waals surface area contributed by atoms with Crippen LogP contribution in [0.5, 0.6) is 0 Å². The fourth-order valence-corrected chi connectivity index (χ4v) is 2.53. The Balaban J connectivity index is 2.27. The molecule has 0 spiro atoms. The van der Waals surface area contributed by atoms with Crippen molar-refractivity contribution in [2.24, 2.45) is 5.92 Å². The van der Waals surface area contributed by atoms with Crippen LogP contribution in [0.1, 0.15) is 18.0 Å². The Kier molecular flexibility index (Phi) is 4.50. The third-order valence-corrected chi connectivity index (χ3v) is 3.56. The van der Waals surface area contributed by atoms with Gasteiger partial charge < -0.3 is 9.84 Å². The number of carbonyl (C=O) groups excluding carboxylic acids is 1. The number of rotatable bonds is 4. The molecule has 1 heterocycles. The molecule has 1 aliphatic rings. The van der Waals surface area contributed by atoms with Crippen molar-refractivity contribution in [3.8, 4) is 0 Å². The third-order valence-electron chi connectivity index (χ3n) is 3.56. The first-order valence-electron chi connectivity index (χ1n) is 6.34. The molecule has 104 valence electrons. The van der Waals surface area contributed by atoms with E-state index in [0.29, 0.717) is 18.7 Å². The lowest BCUT2D eigenvalue weighted by atomic mass is 10.0. The summed E-state index contributed by atoms with van der Waals surface area (Å²) in [4.78, 5) is 13.8. The first-order valence-corrected chi connectivity index (χ1v) is 6.34. The van der Waals surface area contributed by atoms with Gasteiger partial charge in [0.1, 0.15) is 11.9 Å². The quantitative estimate of drug-likeness (QED) is 0.837. The van der Waals surface area contributed by atoms with Gasteiger partial charge in [-0.25, -0.2) is 9.18 Å². The molecule has 1 N–H and O–H groups in total. The Bertz CT molecular complexity index is 452. The topological polar surface area (TPSA) is 49.8 Å². The van der Waals surface area contributed by atoms with Gasteiger partial charge in [-0.05, 0) is 24.9 Å². The van der Waals surface area contributed by atoms with Gasteiger partial charge in [-0.3, -0.25) is 4.90 Å². The zero-order chi connectivity index (χ0) is 13.8. The van der Waals surface area contributed by atoms with E-state index in [-0.39, 0.29) is 12.5 Å². The van der Waals surface area contributed by atoms with Crippen LogP contribution in [-0.2, 0) is 9.53 Å². The van der Waals surface area contributed by atoms with Gasteiger partial charge in [0, 0.05) is 18.7 Å². The van der Waals surface area contributed by atoms with Crippen LogP contribution in [0.2, 0.25) is 0 Å². The van der Waals surface area contributed by atoms with Gasteiger partial charge >= 0.3 is 5.97 Å². The highest BCUT2D eigenvalue weighted by atomic mass is 19.1. The van der Waals surface area contributed by atoms with E-state index >= 15 is 0 Å². The first-order chi connectivity index (χ1) is 9.17. The number of carbonyl (C=O) groups is 1. The van der Waals surface area contributed by atoms with Crippen molar-refractivity contribution in [1.82, 2.24) is 4.90 Å². The molecule has 5 heteroatoms. The fourth-order valence-electron chi connectivity index (χ4n) is 2.53. The maximum Gasteiger partial charge on any atom is 0.327 e. The summed E-state index contributed by atoms with van der Waals surface area (Å²) in [6.07, 6.45) is 0.804. The summed E-state index contributed by atoms with van der Waals surface area (Å²) in [5.41, 5.74) is 0.327. The molecule has 1 aromatic carbocycles. The summed E-state index contributed by atoms with van der Waals surface area (Å²) in [5, 5.41) is 9.17. The molecule has 0 saturated carbocycles. The molecule has 0 aliphatic carbocycles. The summed E-state index contributed by atoms with van der Waals surface area (Å²) in [6.45, 7) is 1.31. The van der Waals surface area contributed by atoms with Crippen LogP contribution in [0.15, 0.2) is 24.3 Å². The number of aliphatic hydroxyl groups excluding tert-OH is 1. The average molecular weight is 267 g/mol. The van der Waals surface area contributed by atoms with Gasteiger partial charge in [-0.15, -0.1) is 0 Å². The van der Waals surface area contributed by atoms with E-state index in [2.05, 4.69) is 0 Å². The second-order valence-electron chi connectivity index (χ2n) is 4.78. The fraction of sp³-hybridized carbons (Fsp3) is 0.500. The second kappa shape index (κ2) is 6.12. The molecule has 2 atom stereocenters. The predicted octanol–water partition coefficient (Wildman–Crippen LogP) is 1.35. The summed E-state index contributed by atoms with van der Waals surface area (Å²) in [6, 6.07) is 5.50. The number of ether oxygens (including phenoxy) is 1. The summed E-state index contributed by atoms with van der Waals surface area (Å²) >= 11 is 0. The number of hydrogen-bond acceptors (Lipinski definition) is 4. The van der Waals surface area contributed by atoms with Gasteiger partial charge in [0.05, 0.1) is 7.11 Å². The zero-order valence-electron chi connectivity index (χ0n) is 10.9. The molecule has 0 amide bonds. The Hall–Kier alpha value is -1.46. The Morgan fingerprint density at radius 2 is 2.32 bits per heavy atom. The zero-order valence-corrected chi connectivity index (χ0v) is 10.9. The van der Waals surface area contributed by atoms with Gasteiger partial charge in [0.2, 0.25) is 0 Å². The number of hydrogen-bond donors (Lipinski definition) is 1. The molecule has 0 aromatic heterocycles. The molecule has 19 heavy (non-hydrogen) atoms. The number of likely N-dealkylation sites (tertiary alicyclic amines) is 1. The number of benzene rings is 1. The summed E-state index contributed by atoms with van der Waals surface area (Å²) in [5.74, 6) is -0.743. The van der Waals surface area contributed by atoms with E-state index in [0.717, 1.165) is 6.42 Å². The third kappa shape index (κ3) is 2.93. The maximum atomic E-state index is 13.9. The highest BCUT2D eigenvalue weighted by molar-refractivity contribution is 5.77. The van der Waals surface area contributed by atoms with E-state index in [1.54, 1.807) is 18.2 Å². The van der Waals surface area contributed by atoms with Crippen LogP contribution >= 0.6 is 0 Å². The molecule has 1 fully saturated rings. The molecular formula is C14H18FNO3. The molecule has 1 saturated heterocycles. The molecule has 2 unspecified atom stereocenters. The molecule has 0 radical (unpaired) electrons.